The van der Waals surface area contributed by atoms with Crippen LogP contribution in [0.25, 0.3) is 10.8 Å². The highest BCUT2D eigenvalue weighted by molar-refractivity contribution is 7.89. The molecule has 1 fully saturated rings. The smallest absolute Gasteiger partial charge is 0.241 e. The van der Waals surface area contributed by atoms with Crippen LogP contribution in [0.4, 0.5) is 0 Å². The highest BCUT2D eigenvalue weighted by atomic mass is 32.2. The molecular formula is C18H24N2O4S. The monoisotopic (exact) mass is 364 g/mol. The first kappa shape index (κ1) is 18.1. The number of morpholine rings is 1. The SMILES string of the molecule is CCOc1ccc(S(=O)(=O)NC[C@H]2CN(C)CCO2)c2ccccc12. The molecule has 1 aliphatic rings. The number of nitrogens with zero attached hydrogens (tertiary/aromatic N) is 1. The third-order valence-electron chi connectivity index (χ3n) is 4.28. The van der Waals surface area contributed by atoms with Crippen LogP contribution in [0.1, 0.15) is 6.92 Å². The average Bonchev–Trinajstić information content (AvgIpc) is 2.60. The van der Waals surface area contributed by atoms with Gasteiger partial charge in [-0.2, -0.15) is 0 Å². The summed E-state index contributed by atoms with van der Waals surface area (Å²) < 4.78 is 39.6. The van der Waals surface area contributed by atoms with Crippen LogP contribution in [0.15, 0.2) is 41.3 Å². The van der Waals surface area contributed by atoms with E-state index in [-0.39, 0.29) is 17.5 Å². The van der Waals surface area contributed by atoms with Crippen LogP contribution < -0.4 is 9.46 Å². The van der Waals surface area contributed by atoms with Gasteiger partial charge in [0.1, 0.15) is 5.75 Å². The summed E-state index contributed by atoms with van der Waals surface area (Å²) in [6, 6.07) is 10.7. The molecule has 0 saturated carbocycles. The number of ether oxygens (including phenoxy) is 2. The van der Waals surface area contributed by atoms with E-state index in [0.29, 0.717) is 30.9 Å². The van der Waals surface area contributed by atoms with Crippen molar-refractivity contribution < 1.29 is 17.9 Å². The number of hydrogen-bond donors (Lipinski definition) is 1. The molecule has 136 valence electrons. The van der Waals surface area contributed by atoms with Crippen molar-refractivity contribution in [1.82, 2.24) is 9.62 Å². The summed E-state index contributed by atoms with van der Waals surface area (Å²) in [6.45, 7) is 4.89. The lowest BCUT2D eigenvalue weighted by Crippen LogP contribution is -2.45. The Hall–Kier alpha value is -1.67. The molecule has 3 rings (SSSR count). The second-order valence-electron chi connectivity index (χ2n) is 6.15. The molecule has 25 heavy (non-hydrogen) atoms. The molecule has 0 amide bonds. The topological polar surface area (TPSA) is 67.9 Å². The molecule has 2 aromatic rings. The van der Waals surface area contributed by atoms with Crippen LogP contribution in [0.5, 0.6) is 5.75 Å². The first-order chi connectivity index (χ1) is 12.0. The van der Waals surface area contributed by atoms with E-state index in [1.807, 2.05) is 32.2 Å². The van der Waals surface area contributed by atoms with Crippen LogP contribution in [-0.4, -0.2) is 59.3 Å². The van der Waals surface area contributed by atoms with E-state index in [9.17, 15) is 8.42 Å². The summed E-state index contributed by atoms with van der Waals surface area (Å²) in [7, 11) is -1.64. The lowest BCUT2D eigenvalue weighted by atomic mass is 10.1. The Morgan fingerprint density at radius 3 is 2.72 bits per heavy atom. The third-order valence-corrected chi connectivity index (χ3v) is 5.76. The van der Waals surface area contributed by atoms with E-state index >= 15 is 0 Å². The molecule has 0 aliphatic carbocycles. The zero-order valence-corrected chi connectivity index (χ0v) is 15.4. The minimum absolute atomic E-state index is 0.137. The van der Waals surface area contributed by atoms with Crippen molar-refractivity contribution in [3.05, 3.63) is 36.4 Å². The maximum atomic E-state index is 12.8. The number of nitrogens with one attached hydrogen (secondary N) is 1. The Morgan fingerprint density at radius 1 is 1.24 bits per heavy atom. The van der Waals surface area contributed by atoms with Crippen molar-refractivity contribution in [3.63, 3.8) is 0 Å². The highest BCUT2D eigenvalue weighted by Crippen LogP contribution is 2.31. The van der Waals surface area contributed by atoms with Gasteiger partial charge in [-0.15, -0.1) is 0 Å². The molecule has 7 heteroatoms. The van der Waals surface area contributed by atoms with Gasteiger partial charge in [0.05, 0.1) is 24.2 Å². The van der Waals surface area contributed by atoms with Crippen molar-refractivity contribution in [2.75, 3.05) is 39.9 Å². The van der Waals surface area contributed by atoms with Crippen molar-refractivity contribution in [2.45, 2.75) is 17.9 Å². The van der Waals surface area contributed by atoms with Gasteiger partial charge in [0.15, 0.2) is 0 Å². The van der Waals surface area contributed by atoms with Gasteiger partial charge in [-0.3, -0.25) is 0 Å². The fourth-order valence-corrected chi connectivity index (χ4v) is 4.31. The second-order valence-corrected chi connectivity index (χ2v) is 7.88. The summed E-state index contributed by atoms with van der Waals surface area (Å²) in [5, 5.41) is 1.45. The van der Waals surface area contributed by atoms with Crippen molar-refractivity contribution in [3.8, 4) is 5.75 Å². The molecule has 0 radical (unpaired) electrons. The van der Waals surface area contributed by atoms with Crippen molar-refractivity contribution >= 4 is 20.8 Å². The van der Waals surface area contributed by atoms with Gasteiger partial charge in [-0.1, -0.05) is 24.3 Å². The molecule has 1 saturated heterocycles. The Kier molecular flexibility index (Phi) is 5.58. The Balaban J connectivity index is 1.86. The lowest BCUT2D eigenvalue weighted by molar-refractivity contribution is -0.0156. The minimum atomic E-state index is -3.64. The average molecular weight is 364 g/mol. The molecule has 1 atom stereocenters. The van der Waals surface area contributed by atoms with E-state index in [1.54, 1.807) is 18.2 Å². The number of sulfonamides is 1. The summed E-state index contributed by atoms with van der Waals surface area (Å²) in [5.74, 6) is 0.689. The van der Waals surface area contributed by atoms with Crippen LogP contribution in [0.3, 0.4) is 0 Å². The third kappa shape index (κ3) is 4.12. The molecule has 0 aromatic heterocycles. The fourth-order valence-electron chi connectivity index (χ4n) is 3.03. The number of benzene rings is 2. The Morgan fingerprint density at radius 2 is 2.00 bits per heavy atom. The number of likely N-dealkylation sites (N-methyl/N-ethyl adjacent to an activating group) is 1. The van der Waals surface area contributed by atoms with Crippen LogP contribution in [0.2, 0.25) is 0 Å². The van der Waals surface area contributed by atoms with Crippen molar-refractivity contribution in [1.29, 1.82) is 0 Å². The number of rotatable bonds is 6. The van der Waals surface area contributed by atoms with Gasteiger partial charge in [0.25, 0.3) is 0 Å². The van der Waals surface area contributed by atoms with E-state index in [2.05, 4.69) is 9.62 Å². The zero-order valence-electron chi connectivity index (χ0n) is 14.6. The molecule has 0 spiro atoms. The Labute approximate surface area is 148 Å². The van der Waals surface area contributed by atoms with Crippen LogP contribution in [0, 0.1) is 0 Å². The van der Waals surface area contributed by atoms with Gasteiger partial charge in [-0.05, 0) is 26.1 Å². The normalized spacial score (nSPS) is 19.2. The first-order valence-electron chi connectivity index (χ1n) is 8.45. The molecule has 1 heterocycles. The number of fused-ring (bicyclic) bond motifs is 1. The van der Waals surface area contributed by atoms with Crippen LogP contribution in [-0.2, 0) is 14.8 Å². The summed E-state index contributed by atoms with van der Waals surface area (Å²) in [4.78, 5) is 2.39. The standard InChI is InChI=1S/C18H24N2O4S/c1-3-23-17-8-9-18(16-7-5-4-6-15(16)17)25(21,22)19-12-14-13-20(2)10-11-24-14/h4-9,14,19H,3,10-13H2,1-2H3/t14-/m0/s1. The van der Waals surface area contributed by atoms with Gasteiger partial charge < -0.3 is 14.4 Å². The summed E-state index contributed by atoms with van der Waals surface area (Å²) in [5.41, 5.74) is 0. The molecule has 1 aliphatic heterocycles. The van der Waals surface area contributed by atoms with Gasteiger partial charge >= 0.3 is 0 Å². The van der Waals surface area contributed by atoms with E-state index in [0.717, 1.165) is 11.9 Å². The zero-order chi connectivity index (χ0) is 17.9. The van der Waals surface area contributed by atoms with E-state index in [4.69, 9.17) is 9.47 Å². The molecule has 0 bridgehead atoms. The first-order valence-corrected chi connectivity index (χ1v) is 9.94. The summed E-state index contributed by atoms with van der Waals surface area (Å²) >= 11 is 0. The largest absolute Gasteiger partial charge is 0.493 e. The fraction of sp³-hybridized carbons (Fsp3) is 0.444. The summed E-state index contributed by atoms with van der Waals surface area (Å²) in [6.07, 6.45) is -0.137. The predicted molar refractivity (Wildman–Crippen MR) is 97.5 cm³/mol. The van der Waals surface area contributed by atoms with E-state index < -0.39 is 10.0 Å². The van der Waals surface area contributed by atoms with Crippen molar-refractivity contribution in [2.24, 2.45) is 0 Å². The number of hydrogen-bond acceptors (Lipinski definition) is 5. The predicted octanol–water partition coefficient (Wildman–Crippen LogP) is 1.85. The van der Waals surface area contributed by atoms with Gasteiger partial charge in [-0.25, -0.2) is 13.1 Å². The molecule has 1 N–H and O–H groups in total. The maximum absolute atomic E-state index is 12.8. The second kappa shape index (κ2) is 7.70. The van der Waals surface area contributed by atoms with Gasteiger partial charge in [0, 0.05) is 30.4 Å². The molecule has 6 nitrogen and oxygen atoms in total. The van der Waals surface area contributed by atoms with Gasteiger partial charge in [0.2, 0.25) is 10.0 Å². The van der Waals surface area contributed by atoms with E-state index in [1.165, 1.54) is 0 Å². The highest BCUT2D eigenvalue weighted by Gasteiger charge is 2.23. The Bertz CT molecular complexity index is 838. The quantitative estimate of drug-likeness (QED) is 0.847. The molecule has 2 aromatic carbocycles. The lowest BCUT2D eigenvalue weighted by Gasteiger charge is -2.30. The molecular weight excluding hydrogens is 340 g/mol. The minimum Gasteiger partial charge on any atom is -0.493 e. The van der Waals surface area contributed by atoms with Crippen LogP contribution >= 0.6 is 0 Å². The molecule has 0 unspecified atom stereocenters. The maximum Gasteiger partial charge on any atom is 0.241 e.